The number of terminal acetylenes is 1. The summed E-state index contributed by atoms with van der Waals surface area (Å²) in [5.74, 6) is 0.477. The van der Waals surface area contributed by atoms with E-state index in [1.165, 1.54) is 26.2 Å². The van der Waals surface area contributed by atoms with Gasteiger partial charge in [0.2, 0.25) is 0 Å². The van der Waals surface area contributed by atoms with Crippen LogP contribution < -0.4 is 20.1 Å². The van der Waals surface area contributed by atoms with Crippen LogP contribution in [-0.4, -0.2) is 38.6 Å². The van der Waals surface area contributed by atoms with Gasteiger partial charge in [0.25, 0.3) is 11.8 Å². The molecule has 0 spiro atoms. The average Bonchev–Trinajstić information content (AvgIpc) is 2.86. The molecule has 0 unspecified atom stereocenters. The monoisotopic (exact) mass is 484 g/mol. The molecule has 2 N–H and O–H groups in total. The minimum absolute atomic E-state index is 0.0242. The van der Waals surface area contributed by atoms with Gasteiger partial charge >= 0.3 is 5.97 Å². The number of methoxy groups -OCH3 is 2. The predicted molar refractivity (Wildman–Crippen MR) is 123 cm³/mol. The largest absolute Gasteiger partial charge is 0.493 e. The topological polar surface area (TPSA) is 103 Å². The SMILES string of the molecule is C#CC(=O)Nc1cc(OC)c(OCCCc2c(F)ccc(C(=O)NC#CC)c2F)cc1C(=O)OC. The van der Waals surface area contributed by atoms with Crippen molar-refractivity contribution in [3.63, 3.8) is 0 Å². The molecule has 0 bridgehead atoms. The number of esters is 1. The Hall–Kier alpha value is -4.57. The van der Waals surface area contributed by atoms with Gasteiger partial charge in [0.1, 0.15) is 11.6 Å². The Kier molecular flexibility index (Phi) is 9.61. The van der Waals surface area contributed by atoms with E-state index in [2.05, 4.69) is 22.6 Å². The third-order valence-corrected chi connectivity index (χ3v) is 4.65. The van der Waals surface area contributed by atoms with Crippen LogP contribution in [0.4, 0.5) is 14.5 Å². The molecule has 0 fully saturated rings. The Morgan fingerprint density at radius 3 is 2.46 bits per heavy atom. The highest BCUT2D eigenvalue weighted by Gasteiger charge is 2.20. The second-order valence-electron chi connectivity index (χ2n) is 6.81. The Balaban J connectivity index is 2.19. The maximum atomic E-state index is 14.7. The first kappa shape index (κ1) is 26.7. The van der Waals surface area contributed by atoms with Gasteiger partial charge in [-0.2, -0.15) is 0 Å². The molecule has 2 rings (SSSR count). The first-order chi connectivity index (χ1) is 16.8. The van der Waals surface area contributed by atoms with Crippen LogP contribution >= 0.6 is 0 Å². The first-order valence-corrected chi connectivity index (χ1v) is 10.2. The molecule has 2 amide bonds. The quantitative estimate of drug-likeness (QED) is 0.246. The van der Waals surface area contributed by atoms with Crippen molar-refractivity contribution in [2.75, 3.05) is 26.1 Å². The molecule has 0 aromatic heterocycles. The van der Waals surface area contributed by atoms with Crippen LogP contribution in [0, 0.1) is 35.9 Å². The van der Waals surface area contributed by atoms with Crippen LogP contribution in [0.2, 0.25) is 0 Å². The van der Waals surface area contributed by atoms with Gasteiger partial charge in [-0.05, 0) is 37.8 Å². The van der Waals surface area contributed by atoms with Crippen molar-refractivity contribution in [1.82, 2.24) is 5.32 Å². The van der Waals surface area contributed by atoms with Gasteiger partial charge in [0.15, 0.2) is 11.5 Å². The lowest BCUT2D eigenvalue weighted by atomic mass is 10.0. The molecule has 10 heteroatoms. The van der Waals surface area contributed by atoms with E-state index in [4.69, 9.17) is 20.6 Å². The van der Waals surface area contributed by atoms with Crippen molar-refractivity contribution in [2.24, 2.45) is 0 Å². The molecular weight excluding hydrogens is 462 g/mol. The summed E-state index contributed by atoms with van der Waals surface area (Å²) in [6.07, 6.45) is 5.13. The van der Waals surface area contributed by atoms with Crippen molar-refractivity contribution in [1.29, 1.82) is 0 Å². The number of halogens is 2. The number of rotatable bonds is 9. The van der Waals surface area contributed by atoms with Gasteiger partial charge in [0, 0.05) is 23.7 Å². The summed E-state index contributed by atoms with van der Waals surface area (Å²) < 4.78 is 44.6. The smallest absolute Gasteiger partial charge is 0.340 e. The highest BCUT2D eigenvalue weighted by molar-refractivity contribution is 6.08. The van der Waals surface area contributed by atoms with E-state index in [1.54, 1.807) is 0 Å². The van der Waals surface area contributed by atoms with Crippen molar-refractivity contribution >= 4 is 23.5 Å². The number of carbonyl (C=O) groups excluding carboxylic acids is 3. The second-order valence-corrected chi connectivity index (χ2v) is 6.81. The van der Waals surface area contributed by atoms with Crippen LogP contribution in [0.1, 0.15) is 39.6 Å². The fourth-order valence-electron chi connectivity index (χ4n) is 2.99. The summed E-state index contributed by atoms with van der Waals surface area (Å²) in [5.41, 5.74) is -0.604. The summed E-state index contributed by atoms with van der Waals surface area (Å²) in [7, 11) is 2.50. The maximum Gasteiger partial charge on any atom is 0.340 e. The Morgan fingerprint density at radius 1 is 1.09 bits per heavy atom. The Morgan fingerprint density at radius 2 is 1.83 bits per heavy atom. The third-order valence-electron chi connectivity index (χ3n) is 4.65. The molecule has 35 heavy (non-hydrogen) atoms. The fraction of sp³-hybridized carbons (Fsp3) is 0.240. The molecule has 0 aliphatic carbocycles. The molecular formula is C25H22F2N2O6. The van der Waals surface area contributed by atoms with E-state index in [9.17, 15) is 23.2 Å². The molecule has 0 aliphatic rings. The lowest BCUT2D eigenvalue weighted by Crippen LogP contribution is -2.20. The first-order valence-electron chi connectivity index (χ1n) is 10.2. The summed E-state index contributed by atoms with van der Waals surface area (Å²) >= 11 is 0. The number of hydrogen-bond acceptors (Lipinski definition) is 6. The van der Waals surface area contributed by atoms with E-state index in [-0.39, 0.29) is 53.3 Å². The van der Waals surface area contributed by atoms with Crippen molar-refractivity contribution in [2.45, 2.75) is 19.8 Å². The summed E-state index contributed by atoms with van der Waals surface area (Å²) in [4.78, 5) is 35.7. The minimum Gasteiger partial charge on any atom is -0.493 e. The number of benzene rings is 2. The van der Waals surface area contributed by atoms with Gasteiger partial charge in [-0.25, -0.2) is 13.6 Å². The number of ether oxygens (including phenoxy) is 3. The minimum atomic E-state index is -0.987. The van der Waals surface area contributed by atoms with Gasteiger partial charge in [-0.3, -0.25) is 14.9 Å². The second kappa shape index (κ2) is 12.6. The average molecular weight is 484 g/mol. The van der Waals surface area contributed by atoms with Crippen LogP contribution in [-0.2, 0) is 16.0 Å². The van der Waals surface area contributed by atoms with Gasteiger partial charge in [-0.1, -0.05) is 5.92 Å². The number of nitrogens with one attached hydrogen (secondary N) is 2. The molecule has 8 nitrogen and oxygen atoms in total. The lowest BCUT2D eigenvalue weighted by Gasteiger charge is -2.15. The molecule has 0 saturated carbocycles. The van der Waals surface area contributed by atoms with Crippen LogP contribution in [0.15, 0.2) is 24.3 Å². The van der Waals surface area contributed by atoms with Crippen LogP contribution in [0.5, 0.6) is 11.5 Å². The number of anilines is 1. The molecule has 2 aromatic carbocycles. The van der Waals surface area contributed by atoms with Gasteiger partial charge in [0.05, 0.1) is 37.6 Å². The molecule has 0 radical (unpaired) electrons. The summed E-state index contributed by atoms with van der Waals surface area (Å²) in [5, 5.41) is 4.57. The summed E-state index contributed by atoms with van der Waals surface area (Å²) in [6.45, 7) is 1.47. The van der Waals surface area contributed by atoms with E-state index >= 15 is 0 Å². The van der Waals surface area contributed by atoms with Gasteiger partial charge < -0.3 is 19.5 Å². The molecule has 0 atom stereocenters. The number of carbonyl (C=O) groups is 3. The number of hydrogen-bond donors (Lipinski definition) is 2. The van der Waals surface area contributed by atoms with Gasteiger partial charge in [-0.15, -0.1) is 6.42 Å². The zero-order valence-corrected chi connectivity index (χ0v) is 19.2. The zero-order chi connectivity index (χ0) is 26.0. The summed E-state index contributed by atoms with van der Waals surface area (Å²) in [6, 6.07) is 6.98. The Labute approximate surface area is 200 Å². The predicted octanol–water partition coefficient (Wildman–Crippen LogP) is 3.05. The van der Waals surface area contributed by atoms with E-state index in [1.807, 2.05) is 5.92 Å². The highest BCUT2D eigenvalue weighted by atomic mass is 19.1. The molecule has 0 heterocycles. The van der Waals surface area contributed by atoms with Crippen LogP contribution in [0.3, 0.4) is 0 Å². The molecule has 0 saturated heterocycles. The van der Waals surface area contributed by atoms with Crippen molar-refractivity contribution < 1.29 is 37.4 Å². The third kappa shape index (κ3) is 6.71. The normalized spacial score (nSPS) is 9.71. The molecule has 2 aromatic rings. The fourth-order valence-corrected chi connectivity index (χ4v) is 2.99. The molecule has 182 valence electrons. The van der Waals surface area contributed by atoms with E-state index < -0.39 is 29.4 Å². The van der Waals surface area contributed by atoms with Crippen molar-refractivity contribution in [3.8, 4) is 35.8 Å². The van der Waals surface area contributed by atoms with Crippen molar-refractivity contribution in [3.05, 3.63) is 52.6 Å². The van der Waals surface area contributed by atoms with Crippen LogP contribution in [0.25, 0.3) is 0 Å². The maximum absolute atomic E-state index is 14.7. The highest BCUT2D eigenvalue weighted by Crippen LogP contribution is 2.34. The standard InChI is InChI=1S/C25H22F2N2O6/c1-5-11-28-24(31)16-9-10-18(26)15(23(16)27)8-7-12-35-21-13-17(25(32)34-4)19(14-20(21)33-3)29-22(30)6-2/h2,9-10,13-14H,7-8,12H2,1,3-4H3,(H,28,31)(H,29,30). The van der Waals surface area contributed by atoms with E-state index in [0.29, 0.717) is 0 Å². The van der Waals surface area contributed by atoms with E-state index in [0.717, 1.165) is 19.2 Å². The molecule has 0 aliphatic heterocycles. The zero-order valence-electron chi connectivity index (χ0n) is 19.2. The number of amides is 2. The lowest BCUT2D eigenvalue weighted by molar-refractivity contribution is -0.111. The Bertz CT molecular complexity index is 1240.